The van der Waals surface area contributed by atoms with Gasteiger partial charge in [-0.15, -0.1) is 11.8 Å². The van der Waals surface area contributed by atoms with E-state index in [9.17, 15) is 9.59 Å². The maximum Gasteiger partial charge on any atom is 0.244 e. The lowest BCUT2D eigenvalue weighted by atomic mass is 10.1. The molecule has 0 bridgehead atoms. The Morgan fingerprint density at radius 3 is 2.59 bits per heavy atom. The van der Waals surface area contributed by atoms with Gasteiger partial charge in [-0.25, -0.2) is 0 Å². The number of anilines is 1. The molecule has 0 saturated heterocycles. The number of thioether (sulfide) groups is 1. The molecule has 0 fully saturated rings. The van der Waals surface area contributed by atoms with E-state index in [0.29, 0.717) is 0 Å². The Bertz CT molecular complexity index is 808. The van der Waals surface area contributed by atoms with E-state index in [0.717, 1.165) is 21.9 Å². The fourth-order valence-electron chi connectivity index (χ4n) is 2.64. The number of nitrogens with one attached hydrogen (secondary N) is 1. The van der Waals surface area contributed by atoms with Crippen LogP contribution in [0.25, 0.3) is 0 Å². The van der Waals surface area contributed by atoms with Crippen molar-refractivity contribution in [2.75, 3.05) is 31.8 Å². The molecule has 0 aliphatic heterocycles. The Labute approximate surface area is 165 Å². The van der Waals surface area contributed by atoms with Crippen molar-refractivity contribution in [3.05, 3.63) is 53.6 Å². The van der Waals surface area contributed by atoms with Crippen LogP contribution >= 0.6 is 11.8 Å². The van der Waals surface area contributed by atoms with Crippen molar-refractivity contribution in [2.45, 2.75) is 25.2 Å². The van der Waals surface area contributed by atoms with Crippen LogP contribution < -0.4 is 10.1 Å². The van der Waals surface area contributed by atoms with E-state index in [2.05, 4.69) is 5.32 Å². The number of carbonyl (C=O) groups is 2. The van der Waals surface area contributed by atoms with Gasteiger partial charge in [-0.2, -0.15) is 0 Å². The van der Waals surface area contributed by atoms with E-state index in [1.165, 1.54) is 10.5 Å². The molecular weight excluding hydrogens is 360 g/mol. The Kier molecular flexibility index (Phi) is 7.73. The Balaban J connectivity index is 1.80. The van der Waals surface area contributed by atoms with E-state index in [-0.39, 0.29) is 31.4 Å². The number of benzene rings is 2. The minimum Gasteiger partial charge on any atom is -0.493 e. The number of aryl methyl sites for hydroxylation is 2. The molecule has 0 atom stereocenters. The lowest BCUT2D eigenvalue weighted by Crippen LogP contribution is -2.35. The molecule has 2 aromatic rings. The second kappa shape index (κ2) is 10.0. The van der Waals surface area contributed by atoms with Crippen LogP contribution in [0.4, 0.5) is 5.69 Å². The zero-order valence-corrected chi connectivity index (χ0v) is 17.1. The Morgan fingerprint density at radius 2 is 1.89 bits per heavy atom. The maximum atomic E-state index is 12.2. The van der Waals surface area contributed by atoms with Crippen LogP contribution in [0, 0.1) is 13.8 Å². The average Bonchev–Trinajstić information content (AvgIpc) is 2.63. The molecule has 0 unspecified atom stereocenters. The van der Waals surface area contributed by atoms with Crippen LogP contribution in [0.5, 0.6) is 5.75 Å². The van der Waals surface area contributed by atoms with Gasteiger partial charge >= 0.3 is 0 Å². The van der Waals surface area contributed by atoms with Crippen molar-refractivity contribution in [1.82, 2.24) is 4.90 Å². The molecule has 0 radical (unpaired) electrons. The molecule has 6 heteroatoms. The summed E-state index contributed by atoms with van der Waals surface area (Å²) in [7, 11) is 1.62. The second-order valence-corrected chi connectivity index (χ2v) is 7.21. The highest BCUT2D eigenvalue weighted by molar-refractivity contribution is 7.98. The van der Waals surface area contributed by atoms with E-state index in [4.69, 9.17) is 4.74 Å². The quantitative estimate of drug-likeness (QED) is 0.699. The summed E-state index contributed by atoms with van der Waals surface area (Å²) >= 11 is 1.56. The van der Waals surface area contributed by atoms with Crippen LogP contribution in [-0.4, -0.2) is 43.2 Å². The SMILES string of the molecule is CSc1ccccc1NC(=O)CN(C)C(=O)CCOc1ccc(C)cc1C. The van der Waals surface area contributed by atoms with Gasteiger partial charge in [0.25, 0.3) is 0 Å². The summed E-state index contributed by atoms with van der Waals surface area (Å²) in [6.07, 6.45) is 2.18. The Morgan fingerprint density at radius 1 is 1.15 bits per heavy atom. The standard InChI is InChI=1S/C21H26N2O3S/c1-15-9-10-18(16(2)13-15)26-12-11-21(25)23(3)14-20(24)22-17-7-5-6-8-19(17)27-4/h5-10,13H,11-12,14H2,1-4H3,(H,22,24). The molecular formula is C21H26N2O3S. The summed E-state index contributed by atoms with van der Waals surface area (Å²) in [5.74, 6) is 0.429. The highest BCUT2D eigenvalue weighted by Gasteiger charge is 2.14. The topological polar surface area (TPSA) is 58.6 Å². The number of para-hydroxylation sites is 1. The van der Waals surface area contributed by atoms with E-state index in [1.54, 1.807) is 18.8 Å². The summed E-state index contributed by atoms with van der Waals surface area (Å²) in [6.45, 7) is 4.29. The first-order valence-electron chi connectivity index (χ1n) is 8.77. The predicted molar refractivity (Wildman–Crippen MR) is 111 cm³/mol. The normalized spacial score (nSPS) is 10.4. The average molecular weight is 387 g/mol. The van der Waals surface area contributed by atoms with E-state index in [1.807, 2.05) is 62.6 Å². The molecule has 2 rings (SSSR count). The van der Waals surface area contributed by atoms with Crippen molar-refractivity contribution >= 4 is 29.3 Å². The van der Waals surface area contributed by atoms with Crippen molar-refractivity contribution in [3.8, 4) is 5.75 Å². The monoisotopic (exact) mass is 386 g/mol. The predicted octanol–water partition coefficient (Wildman–Crippen LogP) is 3.89. The smallest absolute Gasteiger partial charge is 0.244 e. The van der Waals surface area contributed by atoms with Gasteiger partial charge in [0, 0.05) is 11.9 Å². The largest absolute Gasteiger partial charge is 0.493 e. The van der Waals surface area contributed by atoms with Crippen LogP contribution in [0.1, 0.15) is 17.5 Å². The molecule has 27 heavy (non-hydrogen) atoms. The zero-order chi connectivity index (χ0) is 19.8. The van der Waals surface area contributed by atoms with Crippen LogP contribution in [0.3, 0.4) is 0 Å². The molecule has 2 amide bonds. The van der Waals surface area contributed by atoms with Gasteiger partial charge in [0.15, 0.2) is 0 Å². The van der Waals surface area contributed by atoms with Gasteiger partial charge in [0.2, 0.25) is 11.8 Å². The first kappa shape index (κ1) is 20.8. The minimum absolute atomic E-state index is 0.00507. The number of amides is 2. The van der Waals surface area contributed by atoms with Gasteiger partial charge in [-0.1, -0.05) is 29.8 Å². The molecule has 0 aliphatic carbocycles. The van der Waals surface area contributed by atoms with E-state index >= 15 is 0 Å². The third-order valence-corrected chi connectivity index (χ3v) is 4.89. The van der Waals surface area contributed by atoms with Gasteiger partial charge in [-0.05, 0) is 43.9 Å². The highest BCUT2D eigenvalue weighted by Crippen LogP contribution is 2.24. The number of likely N-dealkylation sites (N-methyl/N-ethyl adjacent to an activating group) is 1. The first-order chi connectivity index (χ1) is 12.9. The summed E-state index contributed by atoms with van der Waals surface area (Å²) in [5.41, 5.74) is 2.97. The number of nitrogens with zero attached hydrogens (tertiary/aromatic N) is 1. The van der Waals surface area contributed by atoms with Crippen molar-refractivity contribution in [2.24, 2.45) is 0 Å². The summed E-state index contributed by atoms with van der Waals surface area (Å²) in [5, 5.41) is 2.86. The van der Waals surface area contributed by atoms with Crippen molar-refractivity contribution in [1.29, 1.82) is 0 Å². The molecule has 0 spiro atoms. The zero-order valence-electron chi connectivity index (χ0n) is 16.2. The van der Waals surface area contributed by atoms with Crippen molar-refractivity contribution in [3.63, 3.8) is 0 Å². The number of ether oxygens (including phenoxy) is 1. The molecule has 1 N–H and O–H groups in total. The molecule has 0 saturated carbocycles. The molecule has 0 aromatic heterocycles. The summed E-state index contributed by atoms with van der Waals surface area (Å²) in [4.78, 5) is 26.9. The molecule has 0 aliphatic rings. The highest BCUT2D eigenvalue weighted by atomic mass is 32.2. The molecule has 2 aromatic carbocycles. The van der Waals surface area contributed by atoms with Crippen LogP contribution in [-0.2, 0) is 9.59 Å². The number of hydrogen-bond donors (Lipinski definition) is 1. The van der Waals surface area contributed by atoms with Crippen LogP contribution in [0.15, 0.2) is 47.4 Å². The number of carbonyl (C=O) groups excluding carboxylic acids is 2. The van der Waals surface area contributed by atoms with Gasteiger partial charge < -0.3 is 15.0 Å². The van der Waals surface area contributed by atoms with Gasteiger partial charge in [0.05, 0.1) is 25.3 Å². The first-order valence-corrected chi connectivity index (χ1v) is 10.00. The second-order valence-electron chi connectivity index (χ2n) is 6.37. The Hall–Kier alpha value is -2.47. The fraction of sp³-hybridized carbons (Fsp3) is 0.333. The lowest BCUT2D eigenvalue weighted by Gasteiger charge is -2.18. The summed E-state index contributed by atoms with van der Waals surface area (Å²) < 4.78 is 5.69. The third-order valence-electron chi connectivity index (χ3n) is 4.09. The number of hydrogen-bond acceptors (Lipinski definition) is 4. The van der Waals surface area contributed by atoms with E-state index < -0.39 is 0 Å². The molecule has 144 valence electrons. The van der Waals surface area contributed by atoms with Gasteiger partial charge in [0.1, 0.15) is 5.75 Å². The fourth-order valence-corrected chi connectivity index (χ4v) is 3.20. The lowest BCUT2D eigenvalue weighted by molar-refractivity contribution is -0.133. The van der Waals surface area contributed by atoms with Crippen molar-refractivity contribution < 1.29 is 14.3 Å². The molecule has 0 heterocycles. The van der Waals surface area contributed by atoms with Gasteiger partial charge in [-0.3, -0.25) is 9.59 Å². The third kappa shape index (κ3) is 6.32. The molecule has 5 nitrogen and oxygen atoms in total. The van der Waals surface area contributed by atoms with Crippen LogP contribution in [0.2, 0.25) is 0 Å². The minimum atomic E-state index is -0.220. The summed E-state index contributed by atoms with van der Waals surface area (Å²) in [6, 6.07) is 13.5. The maximum absolute atomic E-state index is 12.2. The number of rotatable bonds is 8.